The third-order valence-corrected chi connectivity index (χ3v) is 3.25. The van der Waals surface area contributed by atoms with E-state index in [1.165, 1.54) is 36.0 Å². The van der Waals surface area contributed by atoms with Gasteiger partial charge in [-0.25, -0.2) is 0 Å². The number of primary amides is 1. The van der Waals surface area contributed by atoms with Crippen molar-refractivity contribution in [1.82, 2.24) is 5.32 Å². The Morgan fingerprint density at radius 3 is 2.50 bits per heavy atom. The maximum absolute atomic E-state index is 11.4. The largest absolute Gasteiger partial charge is 0.381 e. The standard InChI is InChI=1S/C11H13N3O5S/c12-11(17)9(15)5-13-10(16)6-20-8-3-1-7(2-4-8)14(18)19/h1-4,9,15H,5-6H2,(H2,12,17)(H,13,16). The Kier molecular flexibility index (Phi) is 5.94. The minimum atomic E-state index is -1.41. The number of amides is 2. The van der Waals surface area contributed by atoms with Gasteiger partial charge < -0.3 is 16.2 Å². The molecule has 1 aromatic rings. The van der Waals surface area contributed by atoms with Gasteiger partial charge in [-0.3, -0.25) is 19.7 Å². The first-order chi connectivity index (χ1) is 9.40. The van der Waals surface area contributed by atoms with Gasteiger partial charge in [0, 0.05) is 17.0 Å². The Morgan fingerprint density at radius 2 is 2.00 bits per heavy atom. The molecule has 0 fully saturated rings. The lowest BCUT2D eigenvalue weighted by molar-refractivity contribution is -0.384. The van der Waals surface area contributed by atoms with Crippen molar-refractivity contribution in [3.63, 3.8) is 0 Å². The number of nitrogens with one attached hydrogen (secondary N) is 1. The molecule has 4 N–H and O–H groups in total. The highest BCUT2D eigenvalue weighted by Gasteiger charge is 2.12. The van der Waals surface area contributed by atoms with Crippen molar-refractivity contribution < 1.29 is 19.6 Å². The van der Waals surface area contributed by atoms with E-state index in [0.717, 1.165) is 0 Å². The maximum atomic E-state index is 11.4. The molecule has 8 nitrogen and oxygen atoms in total. The summed E-state index contributed by atoms with van der Waals surface area (Å²) in [6.45, 7) is -0.241. The molecule has 0 heterocycles. The van der Waals surface area contributed by atoms with Crippen LogP contribution in [0.5, 0.6) is 0 Å². The maximum Gasteiger partial charge on any atom is 0.269 e. The molecule has 0 radical (unpaired) electrons. The molecule has 108 valence electrons. The van der Waals surface area contributed by atoms with E-state index in [9.17, 15) is 19.7 Å². The third-order valence-electron chi connectivity index (χ3n) is 2.24. The van der Waals surface area contributed by atoms with Gasteiger partial charge in [0.1, 0.15) is 6.10 Å². The first-order valence-corrected chi connectivity index (χ1v) is 6.50. The van der Waals surface area contributed by atoms with Gasteiger partial charge in [-0.1, -0.05) is 0 Å². The number of nitro benzene ring substituents is 1. The van der Waals surface area contributed by atoms with E-state index in [0.29, 0.717) is 4.90 Å². The predicted molar refractivity (Wildman–Crippen MR) is 72.0 cm³/mol. The summed E-state index contributed by atoms with van der Waals surface area (Å²) in [5, 5.41) is 21.9. The molecule has 0 aliphatic carbocycles. The van der Waals surface area contributed by atoms with Crippen molar-refractivity contribution in [1.29, 1.82) is 0 Å². The number of nitro groups is 1. The summed E-state index contributed by atoms with van der Waals surface area (Å²) in [5.74, 6) is -1.23. The summed E-state index contributed by atoms with van der Waals surface area (Å²) in [7, 11) is 0. The minimum Gasteiger partial charge on any atom is -0.381 e. The van der Waals surface area contributed by atoms with Gasteiger partial charge in [0.05, 0.1) is 17.2 Å². The van der Waals surface area contributed by atoms with E-state index < -0.39 is 16.9 Å². The lowest BCUT2D eigenvalue weighted by Gasteiger charge is -2.08. The van der Waals surface area contributed by atoms with Crippen molar-refractivity contribution in [2.45, 2.75) is 11.0 Å². The van der Waals surface area contributed by atoms with Gasteiger partial charge in [0.2, 0.25) is 11.8 Å². The first-order valence-electron chi connectivity index (χ1n) is 5.51. The summed E-state index contributed by atoms with van der Waals surface area (Å²) in [5.41, 5.74) is 4.80. The molecule has 1 atom stereocenters. The Balaban J connectivity index is 2.37. The Labute approximate surface area is 118 Å². The fraction of sp³-hybridized carbons (Fsp3) is 0.273. The highest BCUT2D eigenvalue weighted by Crippen LogP contribution is 2.20. The van der Waals surface area contributed by atoms with Crippen molar-refractivity contribution in [2.24, 2.45) is 5.73 Å². The van der Waals surface area contributed by atoms with Crippen LogP contribution in [0, 0.1) is 10.1 Å². The van der Waals surface area contributed by atoms with Crippen molar-refractivity contribution in [3.05, 3.63) is 34.4 Å². The lowest BCUT2D eigenvalue weighted by atomic mass is 10.3. The molecule has 1 aromatic carbocycles. The smallest absolute Gasteiger partial charge is 0.269 e. The summed E-state index contributed by atoms with van der Waals surface area (Å²) in [6, 6.07) is 5.76. The van der Waals surface area contributed by atoms with Gasteiger partial charge in [-0.2, -0.15) is 0 Å². The van der Waals surface area contributed by atoms with Crippen LogP contribution in [0.3, 0.4) is 0 Å². The first kappa shape index (κ1) is 15.9. The third kappa shape index (κ3) is 5.24. The molecule has 9 heteroatoms. The van der Waals surface area contributed by atoms with Crippen LogP contribution >= 0.6 is 11.8 Å². The number of nitrogens with zero attached hydrogens (tertiary/aromatic N) is 1. The van der Waals surface area contributed by atoms with Crippen LogP contribution in [-0.4, -0.2) is 40.2 Å². The normalized spacial score (nSPS) is 11.7. The Bertz CT molecular complexity index is 505. The lowest BCUT2D eigenvalue weighted by Crippen LogP contribution is -2.40. The zero-order valence-corrected chi connectivity index (χ0v) is 11.1. The summed E-state index contributed by atoms with van der Waals surface area (Å²) >= 11 is 1.18. The predicted octanol–water partition coefficient (Wildman–Crippen LogP) is -0.351. The molecule has 0 aromatic heterocycles. The van der Waals surface area contributed by atoms with E-state index in [-0.39, 0.29) is 23.9 Å². The van der Waals surface area contributed by atoms with Gasteiger partial charge in [0.15, 0.2) is 0 Å². The van der Waals surface area contributed by atoms with Gasteiger partial charge in [-0.15, -0.1) is 11.8 Å². The summed E-state index contributed by atoms with van der Waals surface area (Å²) < 4.78 is 0. The number of rotatable bonds is 7. The molecular formula is C11H13N3O5S. The van der Waals surface area contributed by atoms with Crippen LogP contribution in [0.15, 0.2) is 29.2 Å². The molecule has 0 saturated carbocycles. The van der Waals surface area contributed by atoms with Gasteiger partial charge in [-0.05, 0) is 12.1 Å². The van der Waals surface area contributed by atoms with E-state index in [4.69, 9.17) is 10.8 Å². The fourth-order valence-corrected chi connectivity index (χ4v) is 1.90. The molecular weight excluding hydrogens is 286 g/mol. The van der Waals surface area contributed by atoms with E-state index in [2.05, 4.69) is 5.32 Å². The number of carbonyl (C=O) groups excluding carboxylic acids is 2. The Morgan fingerprint density at radius 1 is 1.40 bits per heavy atom. The SMILES string of the molecule is NC(=O)C(O)CNC(=O)CSc1ccc([N+](=O)[O-])cc1. The zero-order chi connectivity index (χ0) is 15.1. The number of carbonyl (C=O) groups is 2. The minimum absolute atomic E-state index is 0.0246. The van der Waals surface area contributed by atoms with Crippen LogP contribution in [0.4, 0.5) is 5.69 Å². The second-order valence-electron chi connectivity index (χ2n) is 3.76. The molecule has 0 spiro atoms. The second-order valence-corrected chi connectivity index (χ2v) is 4.81. The van der Waals surface area contributed by atoms with Crippen molar-refractivity contribution in [2.75, 3.05) is 12.3 Å². The summed E-state index contributed by atoms with van der Waals surface area (Å²) in [4.78, 5) is 32.6. The number of aliphatic hydroxyl groups is 1. The number of benzene rings is 1. The van der Waals surface area contributed by atoms with Gasteiger partial charge in [0.25, 0.3) is 5.69 Å². The number of aliphatic hydroxyl groups excluding tert-OH is 1. The van der Waals surface area contributed by atoms with Crippen molar-refractivity contribution in [3.8, 4) is 0 Å². The number of non-ortho nitro benzene ring substituents is 1. The molecule has 0 saturated heterocycles. The van der Waals surface area contributed by atoms with Crippen LogP contribution < -0.4 is 11.1 Å². The molecule has 0 aliphatic rings. The molecule has 2 amide bonds. The monoisotopic (exact) mass is 299 g/mol. The molecule has 0 bridgehead atoms. The quantitative estimate of drug-likeness (QED) is 0.357. The number of thioether (sulfide) groups is 1. The second kappa shape index (κ2) is 7.46. The van der Waals surface area contributed by atoms with E-state index in [1.807, 2.05) is 0 Å². The molecule has 20 heavy (non-hydrogen) atoms. The van der Waals surface area contributed by atoms with Crippen LogP contribution in [-0.2, 0) is 9.59 Å². The fourth-order valence-electron chi connectivity index (χ4n) is 1.18. The molecule has 1 unspecified atom stereocenters. The average molecular weight is 299 g/mol. The van der Waals surface area contributed by atoms with E-state index >= 15 is 0 Å². The number of nitrogens with two attached hydrogens (primary N) is 1. The molecule has 1 rings (SSSR count). The highest BCUT2D eigenvalue weighted by molar-refractivity contribution is 8.00. The summed E-state index contributed by atoms with van der Waals surface area (Å²) in [6.07, 6.45) is -1.41. The Hall–Kier alpha value is -2.13. The van der Waals surface area contributed by atoms with Crippen LogP contribution in [0.1, 0.15) is 0 Å². The highest BCUT2D eigenvalue weighted by atomic mass is 32.2. The van der Waals surface area contributed by atoms with E-state index in [1.54, 1.807) is 0 Å². The van der Waals surface area contributed by atoms with Crippen molar-refractivity contribution >= 4 is 29.3 Å². The number of hydrogen-bond acceptors (Lipinski definition) is 6. The van der Waals surface area contributed by atoms with Crippen LogP contribution in [0.25, 0.3) is 0 Å². The zero-order valence-electron chi connectivity index (χ0n) is 10.3. The molecule has 0 aliphatic heterocycles. The topological polar surface area (TPSA) is 136 Å². The number of hydrogen-bond donors (Lipinski definition) is 3. The average Bonchev–Trinajstić information content (AvgIpc) is 2.42. The van der Waals surface area contributed by atoms with Gasteiger partial charge >= 0.3 is 0 Å². The van der Waals surface area contributed by atoms with Crippen LogP contribution in [0.2, 0.25) is 0 Å².